The zero-order valence-electron chi connectivity index (χ0n) is 39.0. The summed E-state index contributed by atoms with van der Waals surface area (Å²) in [5.74, 6) is 3.54. The average Bonchev–Trinajstić information content (AvgIpc) is 3.76. The molecule has 10 rings (SSSR count). The quantitative estimate of drug-likeness (QED) is 0.166. The highest BCUT2D eigenvalue weighted by Crippen LogP contribution is 2.65. The van der Waals surface area contributed by atoms with Crippen molar-refractivity contribution in [3.05, 3.63) is 62.7 Å². The number of fused-ring (bicyclic) bond motifs is 9. The van der Waals surface area contributed by atoms with E-state index in [1.54, 1.807) is 51.8 Å². The van der Waals surface area contributed by atoms with Crippen molar-refractivity contribution in [1.29, 1.82) is 5.26 Å². The highest BCUT2D eigenvalue weighted by molar-refractivity contribution is 7.99. The van der Waals surface area contributed by atoms with Crippen molar-refractivity contribution in [3.8, 4) is 46.3 Å². The van der Waals surface area contributed by atoms with E-state index < -0.39 is 40.6 Å². The Morgan fingerprint density at radius 1 is 0.954 bits per heavy atom. The van der Waals surface area contributed by atoms with Gasteiger partial charge in [-0.15, -0.1) is 11.8 Å². The van der Waals surface area contributed by atoms with Crippen LogP contribution < -0.4 is 38.5 Å². The number of ether oxygens (including phenoxy) is 9. The Morgan fingerprint density at radius 3 is 2.38 bits per heavy atom. The molecule has 2 fully saturated rings. The third-order valence-electron chi connectivity index (χ3n) is 13.6. The van der Waals surface area contributed by atoms with Gasteiger partial charge < -0.3 is 42.6 Å². The Balaban J connectivity index is 1.27. The first-order valence-corrected chi connectivity index (χ1v) is 23.7. The molecule has 0 radical (unpaired) electrons. The predicted octanol–water partition coefficient (Wildman–Crippen LogP) is 7.54. The van der Waals surface area contributed by atoms with Crippen molar-refractivity contribution in [3.63, 3.8) is 0 Å². The number of piperazine rings is 1. The maximum absolute atomic E-state index is 15.2. The van der Waals surface area contributed by atoms with E-state index in [4.69, 9.17) is 42.6 Å². The monoisotopic (exact) mass is 912 g/mol. The van der Waals surface area contributed by atoms with E-state index in [2.05, 4.69) is 48.1 Å². The zero-order chi connectivity index (χ0) is 46.1. The van der Waals surface area contributed by atoms with E-state index >= 15 is 4.79 Å². The Bertz CT molecular complexity index is 2450. The van der Waals surface area contributed by atoms with Crippen LogP contribution in [0.3, 0.4) is 0 Å². The van der Waals surface area contributed by atoms with Crippen molar-refractivity contribution in [2.75, 3.05) is 60.2 Å². The molecule has 3 aromatic carbocycles. The minimum absolute atomic E-state index is 0.0270. The number of nitrogens with one attached hydrogen (secondary N) is 1. The standard InChI is InChI=1S/C49H60N4O11S/c1-11-15-58-41-26(4)42-44(62-24-61-42)36-32-22-60-46(54)49(29-20-33(56-9)34(19-27(29)13-14-51-49)63-47(55)64-48(5,6)7)23-65-45(37(36)41)39-38-35-28(18-30(52(38)8)31(21-50)53(32)39)17-25(3)40(57-10)43(35)59-16-12-2/h17,19-20,30-32,38-39,45,51H,11-16,18,22-24H2,1-10H3/t30-,31+,32+,38?,39?,45-,49-/m1/s1. The molecule has 4 bridgehead atoms. The van der Waals surface area contributed by atoms with E-state index in [0.29, 0.717) is 55.4 Å². The second-order valence-corrected chi connectivity index (χ2v) is 19.8. The van der Waals surface area contributed by atoms with Crippen molar-refractivity contribution in [2.45, 2.75) is 121 Å². The summed E-state index contributed by atoms with van der Waals surface area (Å²) in [7, 11) is 5.31. The smallest absolute Gasteiger partial charge is 0.493 e. The average molecular weight is 913 g/mol. The highest BCUT2D eigenvalue weighted by Gasteiger charge is 2.62. The molecular formula is C49H60N4O11S. The number of likely N-dealkylation sites (N-methyl/N-ethyl adjacent to an activating group) is 1. The number of rotatable bonds is 9. The first-order valence-electron chi connectivity index (χ1n) is 22.7. The molecule has 65 heavy (non-hydrogen) atoms. The van der Waals surface area contributed by atoms with Gasteiger partial charge in [0, 0.05) is 46.6 Å². The topological polar surface area (TPSA) is 160 Å². The summed E-state index contributed by atoms with van der Waals surface area (Å²) in [6.07, 6.45) is 1.87. The number of hydrogen-bond donors (Lipinski definition) is 1. The van der Waals surface area contributed by atoms with Gasteiger partial charge in [-0.3, -0.25) is 15.1 Å². The molecule has 1 spiro atoms. The van der Waals surface area contributed by atoms with Crippen molar-refractivity contribution in [2.24, 2.45) is 0 Å². The van der Waals surface area contributed by atoms with Crippen LogP contribution in [0.1, 0.15) is 109 Å². The van der Waals surface area contributed by atoms with Crippen molar-refractivity contribution >= 4 is 23.9 Å². The van der Waals surface area contributed by atoms with Gasteiger partial charge in [0.15, 0.2) is 40.0 Å². The fourth-order valence-corrected chi connectivity index (χ4v) is 12.7. The number of methoxy groups -OCH3 is 2. The number of thioether (sulfide) groups is 1. The summed E-state index contributed by atoms with van der Waals surface area (Å²) in [6.45, 7) is 14.9. The van der Waals surface area contributed by atoms with E-state index in [0.717, 1.165) is 63.3 Å². The molecule has 7 aliphatic rings. The maximum Gasteiger partial charge on any atom is 0.514 e. The molecule has 0 aromatic heterocycles. The number of nitriles is 1. The van der Waals surface area contributed by atoms with Gasteiger partial charge in [-0.2, -0.15) is 5.26 Å². The molecule has 0 aliphatic carbocycles. The molecule has 16 heteroatoms. The molecule has 0 amide bonds. The van der Waals surface area contributed by atoms with Crippen molar-refractivity contribution in [1.82, 2.24) is 15.1 Å². The van der Waals surface area contributed by atoms with Gasteiger partial charge in [0.1, 0.15) is 24.0 Å². The summed E-state index contributed by atoms with van der Waals surface area (Å²) in [5, 5.41) is 14.6. The Hall–Kier alpha value is -5.08. The van der Waals surface area contributed by atoms with Gasteiger partial charge in [0.2, 0.25) is 6.79 Å². The van der Waals surface area contributed by atoms with Crippen LogP contribution in [0.4, 0.5) is 4.79 Å². The van der Waals surface area contributed by atoms with Crippen LogP contribution in [0.5, 0.6) is 40.2 Å². The van der Waals surface area contributed by atoms with E-state index in [-0.39, 0.29) is 48.8 Å². The lowest BCUT2D eigenvalue weighted by Gasteiger charge is -2.62. The third-order valence-corrected chi connectivity index (χ3v) is 15.1. The fraction of sp³-hybridized carbons (Fsp3) is 0.571. The van der Waals surface area contributed by atoms with Crippen LogP contribution in [-0.4, -0.2) is 106 Å². The van der Waals surface area contributed by atoms with E-state index in [1.807, 2.05) is 13.8 Å². The summed E-state index contributed by atoms with van der Waals surface area (Å²) >= 11 is 1.63. The number of hydrogen-bond acceptors (Lipinski definition) is 16. The van der Waals surface area contributed by atoms with Gasteiger partial charge in [0.25, 0.3) is 0 Å². The summed E-state index contributed by atoms with van der Waals surface area (Å²) in [6, 6.07) is 6.39. The van der Waals surface area contributed by atoms with Crippen LogP contribution in [0.2, 0.25) is 0 Å². The van der Waals surface area contributed by atoms with Gasteiger partial charge in [-0.1, -0.05) is 19.9 Å². The maximum atomic E-state index is 15.2. The molecule has 15 nitrogen and oxygen atoms in total. The van der Waals surface area contributed by atoms with Gasteiger partial charge in [-0.25, -0.2) is 9.59 Å². The van der Waals surface area contributed by atoms with Gasteiger partial charge in [-0.05, 0) is 102 Å². The molecule has 2 unspecified atom stereocenters. The lowest BCUT2D eigenvalue weighted by Crippen LogP contribution is -2.69. The second kappa shape index (κ2) is 17.3. The number of aryl methyl sites for hydroxylation is 1. The fourth-order valence-electron chi connectivity index (χ4n) is 11.1. The second-order valence-electron chi connectivity index (χ2n) is 18.7. The zero-order valence-corrected chi connectivity index (χ0v) is 39.8. The molecule has 7 heterocycles. The molecule has 348 valence electrons. The Morgan fingerprint density at radius 2 is 1.69 bits per heavy atom. The van der Waals surface area contributed by atoms with Gasteiger partial charge in [0.05, 0.1) is 50.8 Å². The molecule has 7 atom stereocenters. The normalized spacial score (nSPS) is 26.4. The largest absolute Gasteiger partial charge is 0.514 e. The van der Waals surface area contributed by atoms with Crippen LogP contribution >= 0.6 is 11.8 Å². The first kappa shape index (κ1) is 45.1. The first-order chi connectivity index (χ1) is 31.2. The lowest BCUT2D eigenvalue weighted by atomic mass is 9.71. The molecule has 0 saturated carbocycles. The minimum Gasteiger partial charge on any atom is -0.493 e. The molecule has 1 N–H and O–H groups in total. The number of carbonyl (C=O) groups is 2. The predicted molar refractivity (Wildman–Crippen MR) is 242 cm³/mol. The van der Waals surface area contributed by atoms with Crippen LogP contribution in [0.25, 0.3) is 0 Å². The molecule has 3 aromatic rings. The van der Waals surface area contributed by atoms with E-state index in [1.165, 1.54) is 7.11 Å². The van der Waals surface area contributed by atoms with Crippen molar-refractivity contribution < 1.29 is 52.2 Å². The number of benzene rings is 3. The summed E-state index contributed by atoms with van der Waals surface area (Å²) < 4.78 is 56.0. The Labute approximate surface area is 385 Å². The number of carbonyl (C=O) groups excluding carboxylic acids is 2. The van der Waals surface area contributed by atoms with E-state index in [9.17, 15) is 10.1 Å². The summed E-state index contributed by atoms with van der Waals surface area (Å²) in [5.41, 5.74) is 5.10. The minimum atomic E-state index is -1.35. The number of esters is 1. The molecule has 2 saturated heterocycles. The molecular weight excluding hydrogens is 853 g/mol. The lowest BCUT2D eigenvalue weighted by molar-refractivity contribution is -0.157. The number of nitrogens with zero attached hydrogens (tertiary/aromatic N) is 3. The van der Waals surface area contributed by atoms with Crippen LogP contribution in [0.15, 0.2) is 18.2 Å². The van der Waals surface area contributed by atoms with Gasteiger partial charge >= 0.3 is 12.1 Å². The Kier molecular flexibility index (Phi) is 12.0. The third kappa shape index (κ3) is 7.28. The highest BCUT2D eigenvalue weighted by atomic mass is 32.2. The SMILES string of the molecule is CCCOc1c(OC)c(C)cc2c1C1C3[C@@H]4SC[C@]5(NCCc6cc(OC(=O)OC(C)(C)C)c(OC)cc65)C(=O)OC[C@@H](c5c6c(c(C)c(OCCC)c54)OCO6)N3[C@@H](C#N)[C@@H](C2)N1C. The summed E-state index contributed by atoms with van der Waals surface area (Å²) in [4.78, 5) is 32.8. The molecule has 7 aliphatic heterocycles. The van der Waals surface area contributed by atoms with Crippen LogP contribution in [0, 0.1) is 25.2 Å². The van der Waals surface area contributed by atoms with Crippen LogP contribution in [-0.2, 0) is 32.6 Å².